The van der Waals surface area contributed by atoms with Crippen molar-refractivity contribution in [2.45, 2.75) is 19.3 Å². The molecule has 1 aromatic carbocycles. The molecule has 1 heterocycles. The lowest BCUT2D eigenvalue weighted by atomic mass is 10.1. The zero-order valence-electron chi connectivity index (χ0n) is 10.4. The second kappa shape index (κ2) is 5.69. The molecule has 0 aliphatic carbocycles. The number of benzene rings is 1. The molecule has 0 unspecified atom stereocenters. The van der Waals surface area contributed by atoms with Crippen LogP contribution in [-0.4, -0.2) is 35.1 Å². The highest BCUT2D eigenvalue weighted by Gasteiger charge is 2.17. The van der Waals surface area contributed by atoms with Crippen molar-refractivity contribution < 1.29 is 19.1 Å². The van der Waals surface area contributed by atoms with E-state index < -0.39 is 17.3 Å². The molecule has 0 aromatic heterocycles. The number of hydrogen-bond acceptors (Lipinski definition) is 2. The van der Waals surface area contributed by atoms with Gasteiger partial charge < -0.3 is 15.3 Å². The largest absolute Gasteiger partial charge is 0.478 e. The zero-order valence-corrected chi connectivity index (χ0v) is 10.4. The summed E-state index contributed by atoms with van der Waals surface area (Å²) < 4.78 is 13.2. The van der Waals surface area contributed by atoms with E-state index in [0.717, 1.165) is 31.4 Å². The Morgan fingerprint density at radius 2 is 1.89 bits per heavy atom. The van der Waals surface area contributed by atoms with Gasteiger partial charge in [0.15, 0.2) is 0 Å². The summed E-state index contributed by atoms with van der Waals surface area (Å²) in [5.41, 5.74) is -0.161. The van der Waals surface area contributed by atoms with Crippen LogP contribution in [0.15, 0.2) is 18.2 Å². The summed E-state index contributed by atoms with van der Waals surface area (Å²) in [6.45, 7) is 1.39. The number of piperidine rings is 1. The Hall–Kier alpha value is -2.11. The van der Waals surface area contributed by atoms with E-state index in [1.54, 1.807) is 4.90 Å². The maximum absolute atomic E-state index is 13.2. The third-order valence-electron chi connectivity index (χ3n) is 3.09. The first kappa shape index (κ1) is 13.3. The first-order valence-corrected chi connectivity index (χ1v) is 6.16. The van der Waals surface area contributed by atoms with E-state index in [1.807, 2.05) is 0 Å². The number of halogens is 1. The van der Waals surface area contributed by atoms with Crippen LogP contribution in [0.5, 0.6) is 0 Å². The number of aromatic carboxylic acids is 1. The minimum atomic E-state index is -1.36. The molecule has 2 amide bonds. The molecule has 2 rings (SSSR count). The van der Waals surface area contributed by atoms with Gasteiger partial charge >= 0.3 is 12.0 Å². The molecule has 1 fully saturated rings. The number of carbonyl (C=O) groups excluding carboxylic acids is 1. The van der Waals surface area contributed by atoms with Gasteiger partial charge in [-0.3, -0.25) is 0 Å². The van der Waals surface area contributed by atoms with Gasteiger partial charge in [0, 0.05) is 18.8 Å². The van der Waals surface area contributed by atoms with E-state index in [-0.39, 0.29) is 11.7 Å². The van der Waals surface area contributed by atoms with Crippen molar-refractivity contribution in [2.75, 3.05) is 18.4 Å². The molecular weight excluding hydrogens is 251 g/mol. The second-order valence-corrected chi connectivity index (χ2v) is 4.48. The van der Waals surface area contributed by atoms with Crippen LogP contribution in [0, 0.1) is 5.82 Å². The number of nitrogens with one attached hydrogen (secondary N) is 1. The molecule has 6 heteroatoms. The Balaban J connectivity index is 2.08. The van der Waals surface area contributed by atoms with Crippen molar-refractivity contribution in [2.24, 2.45) is 0 Å². The molecule has 2 N–H and O–H groups in total. The van der Waals surface area contributed by atoms with Crippen LogP contribution >= 0.6 is 0 Å². The standard InChI is InChI=1S/C13H15FN2O3/c14-11-5-4-9(8-10(11)12(17)18)15-13(19)16-6-2-1-3-7-16/h4-5,8H,1-3,6-7H2,(H,15,19)(H,17,18). The van der Waals surface area contributed by atoms with Crippen LogP contribution < -0.4 is 5.32 Å². The van der Waals surface area contributed by atoms with Crippen LogP contribution in [0.2, 0.25) is 0 Å². The van der Waals surface area contributed by atoms with Gasteiger partial charge in [0.05, 0.1) is 5.56 Å². The number of urea groups is 1. The van der Waals surface area contributed by atoms with Crippen LogP contribution in [0.3, 0.4) is 0 Å². The lowest BCUT2D eigenvalue weighted by molar-refractivity contribution is 0.0692. The number of nitrogens with zero attached hydrogens (tertiary/aromatic N) is 1. The molecule has 0 radical (unpaired) electrons. The normalized spacial score (nSPS) is 15.1. The molecule has 0 bridgehead atoms. The van der Waals surface area contributed by atoms with Crippen molar-refractivity contribution in [1.82, 2.24) is 4.90 Å². The Morgan fingerprint density at radius 3 is 2.53 bits per heavy atom. The minimum absolute atomic E-state index is 0.275. The van der Waals surface area contributed by atoms with E-state index in [2.05, 4.69) is 5.32 Å². The molecule has 0 spiro atoms. The number of anilines is 1. The second-order valence-electron chi connectivity index (χ2n) is 4.48. The van der Waals surface area contributed by atoms with Gasteiger partial charge in [-0.25, -0.2) is 14.0 Å². The predicted molar refractivity (Wildman–Crippen MR) is 67.8 cm³/mol. The number of carboxylic acids is 1. The highest BCUT2D eigenvalue weighted by molar-refractivity contribution is 5.93. The van der Waals surface area contributed by atoms with Gasteiger partial charge in [-0.05, 0) is 37.5 Å². The summed E-state index contributed by atoms with van der Waals surface area (Å²) in [6, 6.07) is 3.24. The quantitative estimate of drug-likeness (QED) is 0.864. The smallest absolute Gasteiger partial charge is 0.338 e. The van der Waals surface area contributed by atoms with E-state index in [1.165, 1.54) is 6.07 Å². The van der Waals surface area contributed by atoms with Crippen molar-refractivity contribution in [1.29, 1.82) is 0 Å². The minimum Gasteiger partial charge on any atom is -0.478 e. The van der Waals surface area contributed by atoms with E-state index >= 15 is 0 Å². The molecule has 5 nitrogen and oxygen atoms in total. The number of carbonyl (C=O) groups is 2. The molecule has 102 valence electrons. The Labute approximate surface area is 110 Å². The molecule has 19 heavy (non-hydrogen) atoms. The van der Waals surface area contributed by atoms with Crippen molar-refractivity contribution in [3.63, 3.8) is 0 Å². The third-order valence-corrected chi connectivity index (χ3v) is 3.09. The molecule has 0 saturated carbocycles. The van der Waals surface area contributed by atoms with Gasteiger partial charge in [0.1, 0.15) is 5.82 Å². The maximum atomic E-state index is 13.2. The topological polar surface area (TPSA) is 69.6 Å². The van der Waals surface area contributed by atoms with Crippen LogP contribution in [-0.2, 0) is 0 Å². The van der Waals surface area contributed by atoms with Crippen molar-refractivity contribution in [3.05, 3.63) is 29.6 Å². The highest BCUT2D eigenvalue weighted by Crippen LogP contribution is 2.16. The third kappa shape index (κ3) is 3.21. The van der Waals surface area contributed by atoms with Crippen LogP contribution in [0.25, 0.3) is 0 Å². The molecular formula is C13H15FN2O3. The fraction of sp³-hybridized carbons (Fsp3) is 0.385. The summed E-state index contributed by atoms with van der Waals surface area (Å²) in [4.78, 5) is 24.4. The van der Waals surface area contributed by atoms with Gasteiger partial charge in [-0.15, -0.1) is 0 Å². The number of likely N-dealkylation sites (tertiary alicyclic amines) is 1. The average Bonchev–Trinajstić information content (AvgIpc) is 2.41. The number of amides is 2. The number of carboxylic acid groups (broad SMARTS) is 1. The monoisotopic (exact) mass is 266 g/mol. The van der Waals surface area contributed by atoms with Gasteiger partial charge in [0.25, 0.3) is 0 Å². The molecule has 0 atom stereocenters. The molecule has 1 aliphatic rings. The summed E-state index contributed by atoms with van der Waals surface area (Å²) in [5.74, 6) is -2.17. The Bertz CT molecular complexity index is 499. The Kier molecular flexibility index (Phi) is 3.99. The predicted octanol–water partition coefficient (Wildman–Crippen LogP) is 2.54. The van der Waals surface area contributed by atoms with E-state index in [4.69, 9.17) is 5.11 Å². The van der Waals surface area contributed by atoms with Crippen LogP contribution in [0.1, 0.15) is 29.6 Å². The van der Waals surface area contributed by atoms with Crippen LogP contribution in [0.4, 0.5) is 14.9 Å². The fourth-order valence-corrected chi connectivity index (χ4v) is 2.07. The maximum Gasteiger partial charge on any atom is 0.338 e. The SMILES string of the molecule is O=C(O)c1cc(NC(=O)N2CCCCC2)ccc1F. The molecule has 1 aliphatic heterocycles. The van der Waals surface area contributed by atoms with Crippen molar-refractivity contribution >= 4 is 17.7 Å². The first-order chi connectivity index (χ1) is 9.08. The summed E-state index contributed by atoms with van der Waals surface area (Å²) >= 11 is 0. The van der Waals surface area contributed by atoms with E-state index in [0.29, 0.717) is 13.1 Å². The van der Waals surface area contributed by atoms with E-state index in [9.17, 15) is 14.0 Å². The average molecular weight is 266 g/mol. The zero-order chi connectivity index (χ0) is 13.8. The first-order valence-electron chi connectivity index (χ1n) is 6.16. The molecule has 1 saturated heterocycles. The van der Waals surface area contributed by atoms with Gasteiger partial charge in [-0.1, -0.05) is 0 Å². The fourth-order valence-electron chi connectivity index (χ4n) is 2.07. The van der Waals surface area contributed by atoms with Gasteiger partial charge in [0.2, 0.25) is 0 Å². The lowest BCUT2D eigenvalue weighted by Crippen LogP contribution is -2.38. The van der Waals surface area contributed by atoms with Gasteiger partial charge in [-0.2, -0.15) is 0 Å². The number of rotatable bonds is 2. The number of hydrogen-bond donors (Lipinski definition) is 2. The summed E-state index contributed by atoms with van der Waals surface area (Å²) in [6.07, 6.45) is 3.05. The summed E-state index contributed by atoms with van der Waals surface area (Å²) in [5, 5.41) is 11.4. The lowest BCUT2D eigenvalue weighted by Gasteiger charge is -2.26. The highest BCUT2D eigenvalue weighted by atomic mass is 19.1. The molecule has 1 aromatic rings. The van der Waals surface area contributed by atoms with Crippen molar-refractivity contribution in [3.8, 4) is 0 Å². The summed E-state index contributed by atoms with van der Waals surface area (Å²) in [7, 11) is 0. The Morgan fingerprint density at radius 1 is 1.21 bits per heavy atom.